The monoisotopic (exact) mass is 433 g/mol. The number of hydrogen-bond donors (Lipinski definition) is 2. The lowest BCUT2D eigenvalue weighted by molar-refractivity contribution is -0.118. The van der Waals surface area contributed by atoms with E-state index in [0.29, 0.717) is 11.3 Å². The van der Waals surface area contributed by atoms with Crippen molar-refractivity contribution in [2.24, 2.45) is 5.92 Å². The third-order valence-electron chi connectivity index (χ3n) is 4.80. The third-order valence-corrected chi connectivity index (χ3v) is 5.88. The maximum atomic E-state index is 12.8. The average Bonchev–Trinajstić information content (AvgIpc) is 2.77. The third kappa shape index (κ3) is 6.69. The van der Waals surface area contributed by atoms with Crippen molar-refractivity contribution in [2.45, 2.75) is 37.5 Å². The fraction of sp³-hybridized carbons (Fsp3) is 0.240. The van der Waals surface area contributed by atoms with Crippen molar-refractivity contribution in [1.82, 2.24) is 10.3 Å². The number of thioether (sulfide) groups is 1. The van der Waals surface area contributed by atoms with Crippen molar-refractivity contribution in [1.29, 1.82) is 0 Å². The van der Waals surface area contributed by atoms with Crippen LogP contribution in [0, 0.1) is 12.8 Å². The molecule has 0 aliphatic rings. The fourth-order valence-corrected chi connectivity index (χ4v) is 3.80. The number of nitrogens with zero attached hydrogens (tertiary/aromatic N) is 1. The van der Waals surface area contributed by atoms with Crippen molar-refractivity contribution in [3.05, 3.63) is 89.7 Å². The van der Waals surface area contributed by atoms with Gasteiger partial charge in [0, 0.05) is 34.3 Å². The quantitative estimate of drug-likeness (QED) is 0.486. The molecule has 0 bridgehead atoms. The van der Waals surface area contributed by atoms with Crippen LogP contribution in [-0.4, -0.2) is 22.8 Å². The van der Waals surface area contributed by atoms with Crippen LogP contribution in [0.15, 0.2) is 78.0 Å². The number of nitrogens with one attached hydrogen (secondary N) is 2. The Hall–Kier alpha value is -3.12. The lowest BCUT2D eigenvalue weighted by Crippen LogP contribution is -2.47. The van der Waals surface area contributed by atoms with E-state index >= 15 is 0 Å². The van der Waals surface area contributed by atoms with Gasteiger partial charge < -0.3 is 10.6 Å². The second kappa shape index (κ2) is 10.8. The van der Waals surface area contributed by atoms with Crippen LogP contribution in [0.2, 0.25) is 0 Å². The number of amides is 2. The van der Waals surface area contributed by atoms with Gasteiger partial charge in [-0.3, -0.25) is 14.6 Å². The van der Waals surface area contributed by atoms with Crippen LogP contribution >= 0.6 is 11.8 Å². The van der Waals surface area contributed by atoms with Crippen LogP contribution < -0.4 is 10.6 Å². The molecule has 1 heterocycles. The van der Waals surface area contributed by atoms with Crippen LogP contribution in [0.3, 0.4) is 0 Å². The molecule has 3 rings (SSSR count). The second-order valence-electron chi connectivity index (χ2n) is 7.72. The Balaban J connectivity index is 1.58. The van der Waals surface area contributed by atoms with Crippen LogP contribution in [0.25, 0.3) is 0 Å². The SMILES string of the molecule is Cc1ccc(C(=O)N[C@H](C(=O)Nc2ccc(SCc3cccnc3)cc2)C(C)C)cc1. The largest absolute Gasteiger partial charge is 0.340 e. The lowest BCUT2D eigenvalue weighted by atomic mass is 10.0. The van der Waals surface area contributed by atoms with Gasteiger partial charge in [0.2, 0.25) is 5.91 Å². The number of anilines is 1. The highest BCUT2D eigenvalue weighted by atomic mass is 32.2. The summed E-state index contributed by atoms with van der Waals surface area (Å²) in [6, 6.07) is 18.4. The predicted octanol–water partition coefficient (Wildman–Crippen LogP) is 5.08. The van der Waals surface area contributed by atoms with Crippen molar-refractivity contribution in [3.8, 4) is 0 Å². The van der Waals surface area contributed by atoms with Crippen molar-refractivity contribution in [3.63, 3.8) is 0 Å². The van der Waals surface area contributed by atoms with Gasteiger partial charge >= 0.3 is 0 Å². The summed E-state index contributed by atoms with van der Waals surface area (Å²) < 4.78 is 0. The van der Waals surface area contributed by atoms with E-state index < -0.39 is 6.04 Å². The van der Waals surface area contributed by atoms with Gasteiger partial charge in [-0.1, -0.05) is 37.6 Å². The topological polar surface area (TPSA) is 71.1 Å². The maximum Gasteiger partial charge on any atom is 0.251 e. The predicted molar refractivity (Wildman–Crippen MR) is 126 cm³/mol. The number of aryl methyl sites for hydroxylation is 1. The first-order valence-electron chi connectivity index (χ1n) is 10.2. The zero-order valence-electron chi connectivity index (χ0n) is 18.0. The Morgan fingerprint density at radius 1 is 1.00 bits per heavy atom. The second-order valence-corrected chi connectivity index (χ2v) is 8.77. The van der Waals surface area contributed by atoms with Crippen molar-refractivity contribution in [2.75, 3.05) is 5.32 Å². The molecule has 2 aromatic carbocycles. The lowest BCUT2D eigenvalue weighted by Gasteiger charge is -2.22. The van der Waals surface area contributed by atoms with Crippen LogP contribution in [0.5, 0.6) is 0 Å². The molecule has 0 aliphatic carbocycles. The summed E-state index contributed by atoms with van der Waals surface area (Å²) in [5.74, 6) is 0.297. The molecule has 0 radical (unpaired) electrons. The minimum absolute atomic E-state index is 0.0521. The molecule has 0 fully saturated rings. The molecule has 0 aliphatic heterocycles. The van der Waals surface area contributed by atoms with Gasteiger partial charge in [0.25, 0.3) is 5.91 Å². The first kappa shape index (κ1) is 22.6. The Kier molecular flexibility index (Phi) is 7.84. The standard InChI is InChI=1S/C25H27N3O2S/c1-17(2)23(28-24(29)20-8-6-18(3)7-9-20)25(30)27-21-10-12-22(13-11-21)31-16-19-5-4-14-26-15-19/h4-15,17,23H,16H2,1-3H3,(H,27,30)(H,28,29)/t23-/m0/s1. The Morgan fingerprint density at radius 3 is 2.32 bits per heavy atom. The van der Waals surface area contributed by atoms with E-state index in [9.17, 15) is 9.59 Å². The Bertz CT molecular complexity index is 1000. The van der Waals surface area contributed by atoms with Gasteiger partial charge in [-0.15, -0.1) is 11.8 Å². The minimum Gasteiger partial charge on any atom is -0.340 e. The molecule has 31 heavy (non-hydrogen) atoms. The summed E-state index contributed by atoms with van der Waals surface area (Å²) in [6.45, 7) is 5.80. The highest BCUT2D eigenvalue weighted by molar-refractivity contribution is 7.98. The summed E-state index contributed by atoms with van der Waals surface area (Å²) in [7, 11) is 0. The van der Waals surface area contributed by atoms with E-state index in [4.69, 9.17) is 0 Å². The van der Waals surface area contributed by atoms with E-state index in [1.165, 1.54) is 0 Å². The highest BCUT2D eigenvalue weighted by Gasteiger charge is 2.24. The van der Waals surface area contributed by atoms with E-state index in [0.717, 1.165) is 21.8 Å². The number of aromatic nitrogens is 1. The van der Waals surface area contributed by atoms with E-state index in [1.54, 1.807) is 30.1 Å². The van der Waals surface area contributed by atoms with Crippen LogP contribution in [-0.2, 0) is 10.5 Å². The van der Waals surface area contributed by atoms with Crippen LogP contribution in [0.4, 0.5) is 5.69 Å². The van der Waals surface area contributed by atoms with Crippen molar-refractivity contribution < 1.29 is 9.59 Å². The molecule has 0 saturated heterocycles. The molecule has 2 amide bonds. The molecular formula is C25H27N3O2S. The first-order chi connectivity index (χ1) is 14.9. The molecule has 0 unspecified atom stereocenters. The molecule has 0 saturated carbocycles. The van der Waals surface area contributed by atoms with Gasteiger partial charge in [0.1, 0.15) is 6.04 Å². The summed E-state index contributed by atoms with van der Waals surface area (Å²) in [6.07, 6.45) is 3.62. The number of benzene rings is 2. The summed E-state index contributed by atoms with van der Waals surface area (Å²) in [4.78, 5) is 30.6. The molecule has 6 heteroatoms. The van der Waals surface area contributed by atoms with E-state index in [2.05, 4.69) is 15.6 Å². The molecule has 3 aromatic rings. The molecule has 1 atom stereocenters. The molecule has 2 N–H and O–H groups in total. The van der Waals surface area contributed by atoms with E-state index in [1.807, 2.05) is 75.5 Å². The number of pyridine rings is 1. The van der Waals surface area contributed by atoms with Gasteiger partial charge in [0.05, 0.1) is 0 Å². The number of carbonyl (C=O) groups excluding carboxylic acids is 2. The Morgan fingerprint density at radius 2 is 1.71 bits per heavy atom. The maximum absolute atomic E-state index is 12.8. The Labute approximate surface area is 187 Å². The molecular weight excluding hydrogens is 406 g/mol. The number of rotatable bonds is 8. The normalized spacial score (nSPS) is 11.7. The zero-order valence-corrected chi connectivity index (χ0v) is 18.8. The zero-order chi connectivity index (χ0) is 22.2. The summed E-state index contributed by atoms with van der Waals surface area (Å²) >= 11 is 1.71. The van der Waals surface area contributed by atoms with Crippen LogP contribution in [0.1, 0.15) is 35.3 Å². The average molecular weight is 434 g/mol. The van der Waals surface area contributed by atoms with Crippen molar-refractivity contribution >= 4 is 29.3 Å². The molecule has 1 aromatic heterocycles. The number of carbonyl (C=O) groups is 2. The molecule has 0 spiro atoms. The first-order valence-corrected chi connectivity index (χ1v) is 11.2. The van der Waals surface area contributed by atoms with E-state index in [-0.39, 0.29) is 17.7 Å². The van der Waals surface area contributed by atoms with Gasteiger partial charge in [-0.25, -0.2) is 0 Å². The molecule has 5 nitrogen and oxygen atoms in total. The van der Waals surface area contributed by atoms with Gasteiger partial charge in [0.15, 0.2) is 0 Å². The fourth-order valence-electron chi connectivity index (χ4n) is 2.97. The van der Waals surface area contributed by atoms with Gasteiger partial charge in [-0.05, 0) is 60.9 Å². The minimum atomic E-state index is -0.631. The molecule has 160 valence electrons. The summed E-state index contributed by atoms with van der Waals surface area (Å²) in [5, 5.41) is 5.78. The number of hydrogen-bond acceptors (Lipinski definition) is 4. The van der Waals surface area contributed by atoms with Gasteiger partial charge in [-0.2, -0.15) is 0 Å². The smallest absolute Gasteiger partial charge is 0.251 e. The summed E-state index contributed by atoms with van der Waals surface area (Å²) in [5.41, 5.74) is 3.48. The highest BCUT2D eigenvalue weighted by Crippen LogP contribution is 2.24.